The quantitative estimate of drug-likeness (QED) is 0.723. The van der Waals surface area contributed by atoms with Gasteiger partial charge in [-0.25, -0.2) is 31.6 Å². The molecule has 28 heavy (non-hydrogen) atoms. The molecule has 10 heteroatoms. The largest absolute Gasteiger partial charge is 0.382 e. The number of aliphatic hydroxyl groups is 1. The normalized spacial score (nSPS) is 19.3. The molecule has 1 aromatic carbocycles. The van der Waals surface area contributed by atoms with Crippen LogP contribution in [0.3, 0.4) is 0 Å². The van der Waals surface area contributed by atoms with Crippen molar-refractivity contribution in [3.8, 4) is 0 Å². The van der Waals surface area contributed by atoms with Crippen molar-refractivity contribution in [2.45, 2.75) is 62.5 Å². The molecule has 2 N–H and O–H groups in total. The predicted molar refractivity (Wildman–Crippen MR) is 98.7 cm³/mol. The third kappa shape index (κ3) is 4.39. The number of nitrogens with zero attached hydrogens (tertiary/aromatic N) is 3. The van der Waals surface area contributed by atoms with Crippen LogP contribution in [-0.4, -0.2) is 39.6 Å². The van der Waals surface area contributed by atoms with Crippen LogP contribution in [0.4, 0.5) is 8.78 Å². The highest BCUT2D eigenvalue weighted by Gasteiger charge is 2.46. The summed E-state index contributed by atoms with van der Waals surface area (Å²) in [6.45, 7) is 0.952. The lowest BCUT2D eigenvalue weighted by Gasteiger charge is -2.35. The SMILES string of the molecule is C[C@H]([C@](O)(Cn1cncn1)c1ccc(F)cc1F)S(=O)(=O)NC1CCCCC1. The fourth-order valence-corrected chi connectivity index (χ4v) is 5.27. The highest BCUT2D eigenvalue weighted by Crippen LogP contribution is 2.33. The predicted octanol–water partition coefficient (Wildman–Crippen LogP) is 2.08. The molecule has 0 unspecified atom stereocenters. The van der Waals surface area contributed by atoms with Crippen LogP contribution < -0.4 is 4.72 Å². The van der Waals surface area contributed by atoms with E-state index in [1.54, 1.807) is 0 Å². The zero-order chi connectivity index (χ0) is 20.4. The number of hydrogen-bond donors (Lipinski definition) is 2. The maximum Gasteiger partial charge on any atom is 0.217 e. The molecule has 7 nitrogen and oxygen atoms in total. The Balaban J connectivity index is 1.97. The molecular weight excluding hydrogens is 390 g/mol. The molecule has 0 aliphatic heterocycles. The van der Waals surface area contributed by atoms with Crippen molar-refractivity contribution < 1.29 is 22.3 Å². The van der Waals surface area contributed by atoms with Gasteiger partial charge in [-0.3, -0.25) is 0 Å². The number of benzene rings is 1. The van der Waals surface area contributed by atoms with Gasteiger partial charge < -0.3 is 5.11 Å². The van der Waals surface area contributed by atoms with Crippen LogP contribution >= 0.6 is 0 Å². The Bertz CT molecular complexity index is 902. The van der Waals surface area contributed by atoms with E-state index in [0.29, 0.717) is 6.07 Å². The molecule has 1 fully saturated rings. The van der Waals surface area contributed by atoms with Crippen LogP contribution in [0.5, 0.6) is 0 Å². The summed E-state index contributed by atoms with van der Waals surface area (Å²) in [4.78, 5) is 3.77. The van der Waals surface area contributed by atoms with Gasteiger partial charge in [0.1, 0.15) is 35.1 Å². The molecule has 2 aromatic rings. The number of hydrogen-bond acceptors (Lipinski definition) is 5. The van der Waals surface area contributed by atoms with E-state index in [1.807, 2.05) is 0 Å². The zero-order valence-corrected chi connectivity index (χ0v) is 16.4. The van der Waals surface area contributed by atoms with Crippen LogP contribution in [0.1, 0.15) is 44.6 Å². The molecule has 1 aliphatic carbocycles. The first-order chi connectivity index (χ1) is 13.2. The van der Waals surface area contributed by atoms with Gasteiger partial charge in [0, 0.05) is 17.7 Å². The maximum atomic E-state index is 14.5. The molecule has 1 aromatic heterocycles. The van der Waals surface area contributed by atoms with Gasteiger partial charge in [0.2, 0.25) is 10.0 Å². The van der Waals surface area contributed by atoms with Crippen molar-refractivity contribution in [3.63, 3.8) is 0 Å². The molecule has 0 bridgehead atoms. The minimum atomic E-state index is -4.02. The Morgan fingerprint density at radius 1 is 1.32 bits per heavy atom. The minimum absolute atomic E-state index is 0.213. The van der Waals surface area contributed by atoms with Gasteiger partial charge in [-0.2, -0.15) is 5.10 Å². The Morgan fingerprint density at radius 3 is 2.64 bits per heavy atom. The second-order valence-electron chi connectivity index (χ2n) is 7.28. The second kappa shape index (κ2) is 8.22. The van der Waals surface area contributed by atoms with Gasteiger partial charge >= 0.3 is 0 Å². The second-order valence-corrected chi connectivity index (χ2v) is 9.31. The van der Waals surface area contributed by atoms with Gasteiger partial charge in [-0.15, -0.1) is 0 Å². The molecule has 2 atom stereocenters. The van der Waals surface area contributed by atoms with Crippen LogP contribution in [0.2, 0.25) is 0 Å². The highest BCUT2D eigenvalue weighted by atomic mass is 32.2. The number of nitrogens with one attached hydrogen (secondary N) is 1. The molecule has 0 amide bonds. The van der Waals surface area contributed by atoms with E-state index in [0.717, 1.165) is 44.2 Å². The first kappa shape index (κ1) is 20.8. The molecule has 1 saturated carbocycles. The maximum absolute atomic E-state index is 14.5. The molecule has 0 spiro atoms. The lowest BCUT2D eigenvalue weighted by molar-refractivity contribution is 0.0106. The summed E-state index contributed by atoms with van der Waals surface area (Å²) in [6, 6.07) is 2.46. The van der Waals surface area contributed by atoms with Gasteiger partial charge in [0.25, 0.3) is 0 Å². The Hall–Kier alpha value is -1.91. The molecule has 1 heterocycles. The number of rotatable bonds is 7. The number of aromatic nitrogens is 3. The van der Waals surface area contributed by atoms with Gasteiger partial charge in [0.05, 0.1) is 6.54 Å². The van der Waals surface area contributed by atoms with Crippen molar-refractivity contribution in [3.05, 3.63) is 48.1 Å². The number of sulfonamides is 1. The molecule has 3 rings (SSSR count). The monoisotopic (exact) mass is 414 g/mol. The fraction of sp³-hybridized carbons (Fsp3) is 0.556. The number of halogens is 2. The van der Waals surface area contributed by atoms with Gasteiger partial charge in [-0.05, 0) is 25.8 Å². The summed E-state index contributed by atoms with van der Waals surface area (Å²) in [5, 5.41) is 13.9. The molecule has 0 radical (unpaired) electrons. The van der Waals surface area contributed by atoms with Crippen molar-refractivity contribution in [2.75, 3.05) is 0 Å². The Morgan fingerprint density at radius 2 is 2.04 bits per heavy atom. The van der Waals surface area contributed by atoms with E-state index in [1.165, 1.54) is 24.3 Å². The van der Waals surface area contributed by atoms with E-state index < -0.39 is 32.5 Å². The van der Waals surface area contributed by atoms with Crippen LogP contribution in [0.25, 0.3) is 0 Å². The van der Waals surface area contributed by atoms with Gasteiger partial charge in [-0.1, -0.05) is 25.3 Å². The standard InChI is InChI=1S/C18H24F2N4O3S/c1-13(28(26,27)23-15-5-3-2-4-6-15)18(25,10-24-12-21-11-22-24)16-8-7-14(19)9-17(16)20/h7-9,11-13,15,23,25H,2-6,10H2,1H3/t13-,18-/m1/s1. The third-order valence-electron chi connectivity index (χ3n) is 5.34. The first-order valence-electron chi connectivity index (χ1n) is 9.24. The summed E-state index contributed by atoms with van der Waals surface area (Å²) < 4.78 is 57.8. The average molecular weight is 414 g/mol. The summed E-state index contributed by atoms with van der Waals surface area (Å²) >= 11 is 0. The Kier molecular flexibility index (Phi) is 6.11. The lowest BCUT2D eigenvalue weighted by atomic mass is 9.90. The summed E-state index contributed by atoms with van der Waals surface area (Å²) in [5.41, 5.74) is -2.50. The van der Waals surface area contributed by atoms with Crippen LogP contribution in [0, 0.1) is 11.6 Å². The van der Waals surface area contributed by atoms with E-state index in [2.05, 4.69) is 14.8 Å². The van der Waals surface area contributed by atoms with E-state index >= 15 is 0 Å². The highest BCUT2D eigenvalue weighted by molar-refractivity contribution is 7.90. The van der Waals surface area contributed by atoms with E-state index in [4.69, 9.17) is 0 Å². The van der Waals surface area contributed by atoms with E-state index in [-0.39, 0.29) is 18.2 Å². The molecule has 0 saturated heterocycles. The molecule has 1 aliphatic rings. The van der Waals surface area contributed by atoms with Crippen molar-refractivity contribution in [1.29, 1.82) is 0 Å². The topological polar surface area (TPSA) is 97.1 Å². The fourth-order valence-electron chi connectivity index (χ4n) is 3.65. The average Bonchev–Trinajstić information content (AvgIpc) is 3.14. The smallest absolute Gasteiger partial charge is 0.217 e. The van der Waals surface area contributed by atoms with Gasteiger partial charge in [0.15, 0.2) is 0 Å². The minimum Gasteiger partial charge on any atom is -0.382 e. The molecular formula is C18H24F2N4O3S. The summed E-state index contributed by atoms with van der Waals surface area (Å²) in [7, 11) is -4.02. The van der Waals surface area contributed by atoms with Crippen molar-refractivity contribution >= 4 is 10.0 Å². The summed E-state index contributed by atoms with van der Waals surface area (Å²) in [6.07, 6.45) is 6.87. The zero-order valence-electron chi connectivity index (χ0n) is 15.6. The van der Waals surface area contributed by atoms with Crippen LogP contribution in [0.15, 0.2) is 30.9 Å². The third-order valence-corrected chi connectivity index (χ3v) is 7.32. The summed E-state index contributed by atoms with van der Waals surface area (Å²) in [5.74, 6) is -1.84. The van der Waals surface area contributed by atoms with E-state index in [9.17, 15) is 22.3 Å². The van der Waals surface area contributed by atoms with Crippen molar-refractivity contribution in [2.24, 2.45) is 0 Å². The lowest BCUT2D eigenvalue weighted by Crippen LogP contribution is -2.52. The Labute approximate surface area is 162 Å². The van der Waals surface area contributed by atoms with Crippen LogP contribution in [-0.2, 0) is 22.2 Å². The molecule has 154 valence electrons. The first-order valence-corrected chi connectivity index (χ1v) is 10.8. The van der Waals surface area contributed by atoms with Crippen molar-refractivity contribution in [1.82, 2.24) is 19.5 Å².